The fourth-order valence-corrected chi connectivity index (χ4v) is 8.07. The summed E-state index contributed by atoms with van der Waals surface area (Å²) in [7, 11) is 1.53. The van der Waals surface area contributed by atoms with Gasteiger partial charge in [0.2, 0.25) is 0 Å². The summed E-state index contributed by atoms with van der Waals surface area (Å²) in [6.45, 7) is 21.1. The van der Waals surface area contributed by atoms with Crippen molar-refractivity contribution < 1.29 is 52.2 Å². The van der Waals surface area contributed by atoms with Crippen LogP contribution in [0.3, 0.4) is 0 Å². The number of hydrogen-bond donors (Lipinski definition) is 0. The average molecular weight is 869 g/mol. The molecule has 0 bridgehead atoms. The Morgan fingerprint density at radius 1 is 0.609 bits per heavy atom. The molecule has 64 heavy (non-hydrogen) atoms. The molecule has 2 aliphatic heterocycles. The van der Waals surface area contributed by atoms with Gasteiger partial charge in [0.15, 0.2) is 12.2 Å². The fourth-order valence-electron chi connectivity index (χ4n) is 8.07. The lowest BCUT2D eigenvalue weighted by Crippen LogP contribution is -2.31. The summed E-state index contributed by atoms with van der Waals surface area (Å²) >= 11 is 0. The summed E-state index contributed by atoms with van der Waals surface area (Å²) in [5.41, 5.74) is 11.0. The number of esters is 2. The molecule has 1 saturated heterocycles. The first kappa shape index (κ1) is 45.5. The Labute approximate surface area is 375 Å². The first-order valence-corrected chi connectivity index (χ1v) is 21.4. The van der Waals surface area contributed by atoms with Crippen molar-refractivity contribution in [3.63, 3.8) is 0 Å². The molecule has 0 amide bonds. The molecule has 0 aliphatic carbocycles. The minimum absolute atomic E-state index is 0.0287. The number of benzene rings is 5. The van der Waals surface area contributed by atoms with Gasteiger partial charge in [0.25, 0.3) is 0 Å². The van der Waals surface area contributed by atoms with Crippen molar-refractivity contribution in [1.29, 1.82) is 0 Å². The Bertz CT molecular complexity index is 2490. The van der Waals surface area contributed by atoms with E-state index in [0.29, 0.717) is 30.5 Å². The van der Waals surface area contributed by atoms with E-state index in [9.17, 15) is 9.59 Å². The fraction of sp³-hybridized carbons (Fsp3) is 0.321. The van der Waals surface area contributed by atoms with Crippen molar-refractivity contribution in [3.8, 4) is 45.6 Å². The molecule has 11 nitrogen and oxygen atoms in total. The van der Waals surface area contributed by atoms with Crippen LogP contribution in [-0.2, 0) is 28.5 Å². The number of ether oxygens (including phenoxy) is 9. The number of epoxide rings is 1. The summed E-state index contributed by atoms with van der Waals surface area (Å²) in [6.07, 6.45) is 1.02. The van der Waals surface area contributed by atoms with E-state index < -0.39 is 24.1 Å². The van der Waals surface area contributed by atoms with Gasteiger partial charge in [0, 0.05) is 36.3 Å². The largest absolute Gasteiger partial charge is 0.490 e. The van der Waals surface area contributed by atoms with E-state index in [1.54, 1.807) is 0 Å². The molecule has 4 unspecified atom stereocenters. The predicted molar refractivity (Wildman–Crippen MR) is 244 cm³/mol. The highest BCUT2D eigenvalue weighted by atomic mass is 16.6. The summed E-state index contributed by atoms with van der Waals surface area (Å²) in [5, 5.41) is 0. The predicted octanol–water partition coefficient (Wildman–Crippen LogP) is 9.95. The normalized spacial score (nSPS) is 15.6. The third kappa shape index (κ3) is 10.1. The van der Waals surface area contributed by atoms with E-state index in [2.05, 4.69) is 72.0 Å². The second-order valence-corrected chi connectivity index (χ2v) is 16.1. The lowest BCUT2D eigenvalue weighted by Gasteiger charge is -2.36. The van der Waals surface area contributed by atoms with Crippen LogP contribution in [0.5, 0.6) is 34.5 Å². The first-order chi connectivity index (χ1) is 30.9. The van der Waals surface area contributed by atoms with Gasteiger partial charge >= 0.3 is 11.9 Å². The van der Waals surface area contributed by atoms with Crippen LogP contribution in [0.15, 0.2) is 104 Å². The molecule has 0 aromatic heterocycles. The summed E-state index contributed by atoms with van der Waals surface area (Å²) < 4.78 is 53.8. The number of fused-ring (bicyclic) bond motifs is 2. The lowest BCUT2D eigenvalue weighted by atomic mass is 9.76. The lowest BCUT2D eigenvalue weighted by molar-refractivity contribution is -0.147. The van der Waals surface area contributed by atoms with Gasteiger partial charge in [-0.05, 0) is 116 Å². The topological polar surface area (TPSA) is 121 Å². The van der Waals surface area contributed by atoms with Crippen LogP contribution in [0.2, 0.25) is 0 Å². The number of methoxy groups -OCH3 is 1. The zero-order valence-corrected chi connectivity index (χ0v) is 37.6. The molecule has 0 spiro atoms. The monoisotopic (exact) mass is 868 g/mol. The molecule has 2 aliphatic rings. The van der Waals surface area contributed by atoms with Crippen LogP contribution < -0.4 is 23.7 Å². The Morgan fingerprint density at radius 2 is 1.06 bits per heavy atom. The standard InChI is InChI=1S/C53H56O11/c1-10-45(54)62-43(25-56-9)28-57-40-21-17-37(18-22-40)38-19-23-41(24-20-38)58-29-44(63-46(55)11-2)30-61-51-32(4)34(6)53-48(36(51)8)49(39-15-13-12-14-16-39)47-35(7)50(60-27-42-26-59-42)31(3)33(5)52(47)64-53/h10-24,42-44,49H,1-2,25-30H2,3-9H3. The molecule has 0 radical (unpaired) electrons. The van der Waals surface area contributed by atoms with Crippen molar-refractivity contribution in [2.75, 3.05) is 46.8 Å². The highest BCUT2D eigenvalue weighted by molar-refractivity contribution is 5.81. The van der Waals surface area contributed by atoms with Crippen LogP contribution in [0, 0.1) is 41.5 Å². The van der Waals surface area contributed by atoms with Gasteiger partial charge < -0.3 is 42.6 Å². The second kappa shape index (κ2) is 20.3. The molecular formula is C53H56O11. The maximum Gasteiger partial charge on any atom is 0.330 e. The molecule has 2 heterocycles. The van der Waals surface area contributed by atoms with Gasteiger partial charge in [-0.25, -0.2) is 9.59 Å². The van der Waals surface area contributed by atoms with E-state index in [1.165, 1.54) is 7.11 Å². The van der Waals surface area contributed by atoms with Gasteiger partial charge in [-0.2, -0.15) is 0 Å². The molecule has 4 atom stereocenters. The molecule has 11 heteroatoms. The molecule has 0 saturated carbocycles. The molecule has 1 fully saturated rings. The van der Waals surface area contributed by atoms with Gasteiger partial charge in [-0.15, -0.1) is 0 Å². The Hall–Kier alpha value is -6.56. The zero-order valence-electron chi connectivity index (χ0n) is 37.6. The first-order valence-electron chi connectivity index (χ1n) is 21.4. The van der Waals surface area contributed by atoms with E-state index in [4.69, 9.17) is 42.6 Å². The Balaban J connectivity index is 1.08. The van der Waals surface area contributed by atoms with E-state index in [1.807, 2.05) is 61.5 Å². The van der Waals surface area contributed by atoms with Crippen LogP contribution in [0.25, 0.3) is 11.1 Å². The van der Waals surface area contributed by atoms with Gasteiger partial charge in [0.1, 0.15) is 67.0 Å². The molecule has 334 valence electrons. The number of rotatable bonds is 20. The summed E-state index contributed by atoms with van der Waals surface area (Å²) in [4.78, 5) is 24.3. The summed E-state index contributed by atoms with van der Waals surface area (Å²) in [6, 6.07) is 25.6. The van der Waals surface area contributed by atoms with Crippen molar-refractivity contribution >= 4 is 11.9 Å². The van der Waals surface area contributed by atoms with Crippen molar-refractivity contribution in [2.45, 2.75) is 65.8 Å². The molecule has 5 aromatic rings. The van der Waals surface area contributed by atoms with Gasteiger partial charge in [-0.3, -0.25) is 0 Å². The van der Waals surface area contributed by atoms with Crippen LogP contribution in [0.1, 0.15) is 56.0 Å². The third-order valence-electron chi connectivity index (χ3n) is 11.8. The molecule has 7 rings (SSSR count). The third-order valence-corrected chi connectivity index (χ3v) is 11.8. The zero-order chi connectivity index (χ0) is 45.5. The minimum Gasteiger partial charge on any atom is -0.490 e. The molecule has 5 aromatic carbocycles. The van der Waals surface area contributed by atoms with Crippen molar-refractivity contribution in [3.05, 3.63) is 154 Å². The molecule has 0 N–H and O–H groups in total. The maximum atomic E-state index is 12.6. The van der Waals surface area contributed by atoms with E-state index in [-0.39, 0.29) is 38.4 Å². The number of hydrogen-bond acceptors (Lipinski definition) is 11. The SMILES string of the molecule is C=CC(=O)OC(COC)COc1ccc(-c2ccc(OCC(COc3c(C)c(C)c4c(c3C)C(c3ccccc3)c3c(C)c(OCC5CO5)c(C)c(C)c3O4)OC(=O)C=C)cc2)cc1. The minimum atomic E-state index is -0.762. The number of carbonyl (C=O) groups excluding carboxylic acids is 2. The maximum absolute atomic E-state index is 12.6. The van der Waals surface area contributed by atoms with Gasteiger partial charge in [0.05, 0.1) is 13.2 Å². The van der Waals surface area contributed by atoms with E-state index >= 15 is 0 Å². The highest BCUT2D eigenvalue weighted by Gasteiger charge is 2.38. The van der Waals surface area contributed by atoms with Crippen LogP contribution >= 0.6 is 0 Å². The van der Waals surface area contributed by atoms with Crippen molar-refractivity contribution in [1.82, 2.24) is 0 Å². The van der Waals surface area contributed by atoms with Crippen LogP contribution in [0.4, 0.5) is 0 Å². The van der Waals surface area contributed by atoms with Crippen molar-refractivity contribution in [2.24, 2.45) is 0 Å². The number of carbonyl (C=O) groups is 2. The Kier molecular flexibility index (Phi) is 14.4. The molecular weight excluding hydrogens is 813 g/mol. The van der Waals surface area contributed by atoms with Crippen LogP contribution in [-0.4, -0.2) is 77.0 Å². The van der Waals surface area contributed by atoms with E-state index in [0.717, 1.165) is 90.6 Å². The smallest absolute Gasteiger partial charge is 0.330 e. The Morgan fingerprint density at radius 3 is 1.52 bits per heavy atom. The highest BCUT2D eigenvalue weighted by Crippen LogP contribution is 2.56. The quantitative estimate of drug-likeness (QED) is 0.0414. The van der Waals surface area contributed by atoms with Gasteiger partial charge in [-0.1, -0.05) is 67.8 Å². The summed E-state index contributed by atoms with van der Waals surface area (Å²) in [5.74, 6) is 3.13. The second-order valence-electron chi connectivity index (χ2n) is 16.1. The average Bonchev–Trinajstić information content (AvgIpc) is 4.15.